The largest absolute Gasteiger partial charge is 0.495 e. The number of hydrogen-bond donors (Lipinski definition) is 0. The van der Waals surface area contributed by atoms with Crippen LogP contribution >= 0.6 is 11.3 Å². The second-order valence-corrected chi connectivity index (χ2v) is 6.61. The maximum atomic E-state index is 12.3. The van der Waals surface area contributed by atoms with E-state index in [-0.39, 0.29) is 5.91 Å². The average Bonchev–Trinajstić information content (AvgIpc) is 2.91. The summed E-state index contributed by atoms with van der Waals surface area (Å²) in [5.74, 6) is 0.649. The summed E-state index contributed by atoms with van der Waals surface area (Å²) in [6.07, 6.45) is 1.31. The van der Waals surface area contributed by atoms with Crippen molar-refractivity contribution in [2.45, 2.75) is 19.8 Å². The summed E-state index contributed by atoms with van der Waals surface area (Å²) in [5.41, 5.74) is 3.22. The minimum Gasteiger partial charge on any atom is -0.495 e. The highest BCUT2D eigenvalue weighted by atomic mass is 32.1. The van der Waals surface area contributed by atoms with E-state index < -0.39 is 0 Å². The van der Waals surface area contributed by atoms with Crippen molar-refractivity contribution in [3.63, 3.8) is 0 Å². The van der Waals surface area contributed by atoms with Gasteiger partial charge < -0.3 is 9.30 Å². The number of rotatable bonds is 4. The van der Waals surface area contributed by atoms with E-state index in [1.165, 1.54) is 16.9 Å². The Morgan fingerprint density at radius 1 is 1.17 bits per heavy atom. The Morgan fingerprint density at radius 2 is 1.88 bits per heavy atom. The molecule has 0 saturated carbocycles. The van der Waals surface area contributed by atoms with Gasteiger partial charge in [0.15, 0.2) is 4.80 Å². The summed E-state index contributed by atoms with van der Waals surface area (Å²) in [6, 6.07) is 14.0. The number of amides is 1. The molecule has 3 rings (SSSR count). The predicted molar refractivity (Wildman–Crippen MR) is 97.4 cm³/mol. The number of thiazole rings is 1. The molecule has 0 aliphatic heterocycles. The Hall–Kier alpha value is -2.40. The summed E-state index contributed by atoms with van der Waals surface area (Å²) in [5, 5.41) is 0. The second-order valence-electron chi connectivity index (χ2n) is 5.60. The first-order valence-corrected chi connectivity index (χ1v) is 8.72. The Labute approximate surface area is 145 Å². The molecule has 24 heavy (non-hydrogen) atoms. The minimum absolute atomic E-state index is 0.139. The molecular formula is C19H20N2O2S. The number of benzene rings is 2. The third kappa shape index (κ3) is 3.26. The van der Waals surface area contributed by atoms with Gasteiger partial charge >= 0.3 is 0 Å². The molecule has 2 aromatic carbocycles. The van der Waals surface area contributed by atoms with E-state index in [1.807, 2.05) is 41.9 Å². The van der Waals surface area contributed by atoms with Crippen LogP contribution in [0.2, 0.25) is 0 Å². The van der Waals surface area contributed by atoms with Gasteiger partial charge in [-0.3, -0.25) is 4.79 Å². The zero-order valence-corrected chi connectivity index (χ0v) is 14.9. The fourth-order valence-electron chi connectivity index (χ4n) is 2.65. The van der Waals surface area contributed by atoms with Crippen LogP contribution in [0.5, 0.6) is 5.75 Å². The van der Waals surface area contributed by atoms with E-state index in [9.17, 15) is 4.79 Å². The number of aromatic nitrogens is 1. The fraction of sp³-hybridized carbons (Fsp3) is 0.263. The Balaban J connectivity index is 1.91. The molecule has 124 valence electrons. The van der Waals surface area contributed by atoms with Crippen LogP contribution in [-0.4, -0.2) is 17.6 Å². The fourth-order valence-corrected chi connectivity index (χ4v) is 3.71. The number of carbonyl (C=O) groups is 1. The minimum atomic E-state index is -0.139. The van der Waals surface area contributed by atoms with Crippen LogP contribution in [-0.2, 0) is 24.7 Å². The van der Waals surface area contributed by atoms with Gasteiger partial charge in [0.25, 0.3) is 5.91 Å². The van der Waals surface area contributed by atoms with Crippen molar-refractivity contribution in [3.05, 3.63) is 58.4 Å². The van der Waals surface area contributed by atoms with Crippen molar-refractivity contribution >= 4 is 27.5 Å². The SMILES string of the molecule is CCc1ccc(CC(=O)N=c2sc3cccc(OC)c3n2C)cc1. The molecule has 0 aliphatic rings. The molecule has 0 N–H and O–H groups in total. The molecule has 0 unspecified atom stereocenters. The van der Waals surface area contributed by atoms with E-state index in [1.54, 1.807) is 7.11 Å². The van der Waals surface area contributed by atoms with Gasteiger partial charge in [0.1, 0.15) is 11.3 Å². The van der Waals surface area contributed by atoms with E-state index in [0.717, 1.165) is 28.0 Å². The van der Waals surface area contributed by atoms with Crippen molar-refractivity contribution in [1.29, 1.82) is 0 Å². The van der Waals surface area contributed by atoms with Crippen LogP contribution < -0.4 is 9.54 Å². The molecule has 1 heterocycles. The van der Waals surface area contributed by atoms with Gasteiger partial charge in [-0.15, -0.1) is 0 Å². The zero-order chi connectivity index (χ0) is 17.1. The standard InChI is InChI=1S/C19H20N2O2S/c1-4-13-8-10-14(11-9-13)12-17(22)20-19-21(2)18-15(23-3)6-5-7-16(18)24-19/h5-11H,4,12H2,1-3H3. The molecule has 1 amide bonds. The van der Waals surface area contributed by atoms with Crippen molar-refractivity contribution in [2.75, 3.05) is 7.11 Å². The van der Waals surface area contributed by atoms with Gasteiger partial charge in [0.05, 0.1) is 18.2 Å². The monoisotopic (exact) mass is 340 g/mol. The first kappa shape index (κ1) is 16.5. The van der Waals surface area contributed by atoms with Crippen molar-refractivity contribution in [1.82, 2.24) is 4.57 Å². The van der Waals surface area contributed by atoms with Crippen LogP contribution in [0, 0.1) is 0 Å². The average molecular weight is 340 g/mol. The highest BCUT2D eigenvalue weighted by Gasteiger charge is 2.09. The second kappa shape index (κ2) is 7.01. The molecule has 0 fully saturated rings. The normalized spacial score (nSPS) is 11.9. The number of carbonyl (C=O) groups excluding carboxylic acids is 1. The van der Waals surface area contributed by atoms with E-state index >= 15 is 0 Å². The van der Waals surface area contributed by atoms with Crippen molar-refractivity contribution in [3.8, 4) is 5.75 Å². The zero-order valence-electron chi connectivity index (χ0n) is 14.1. The summed E-state index contributed by atoms with van der Waals surface area (Å²) < 4.78 is 8.37. The smallest absolute Gasteiger partial charge is 0.252 e. The Kier molecular flexibility index (Phi) is 4.81. The molecule has 5 heteroatoms. The molecular weight excluding hydrogens is 320 g/mol. The summed E-state index contributed by atoms with van der Waals surface area (Å²) in [7, 11) is 3.55. The summed E-state index contributed by atoms with van der Waals surface area (Å²) in [4.78, 5) is 17.3. The highest BCUT2D eigenvalue weighted by molar-refractivity contribution is 7.16. The number of methoxy groups -OCH3 is 1. The lowest BCUT2D eigenvalue weighted by Crippen LogP contribution is -2.14. The quantitative estimate of drug-likeness (QED) is 0.730. The molecule has 0 aliphatic carbocycles. The summed E-state index contributed by atoms with van der Waals surface area (Å²) in [6.45, 7) is 2.12. The van der Waals surface area contributed by atoms with Crippen LogP contribution in [0.1, 0.15) is 18.1 Å². The topological polar surface area (TPSA) is 43.6 Å². The Morgan fingerprint density at radius 3 is 2.54 bits per heavy atom. The first-order chi connectivity index (χ1) is 11.6. The molecule has 0 saturated heterocycles. The lowest BCUT2D eigenvalue weighted by atomic mass is 10.1. The van der Waals surface area contributed by atoms with Gasteiger partial charge in [-0.2, -0.15) is 4.99 Å². The number of ether oxygens (including phenoxy) is 1. The van der Waals surface area contributed by atoms with Crippen molar-refractivity contribution < 1.29 is 9.53 Å². The number of fused-ring (bicyclic) bond motifs is 1. The third-order valence-corrected chi connectivity index (χ3v) is 5.11. The molecule has 4 nitrogen and oxygen atoms in total. The number of hydrogen-bond acceptors (Lipinski definition) is 3. The van der Waals surface area contributed by atoms with Crippen molar-refractivity contribution in [2.24, 2.45) is 12.0 Å². The maximum Gasteiger partial charge on any atom is 0.252 e. The number of aryl methyl sites for hydroxylation is 2. The maximum absolute atomic E-state index is 12.3. The predicted octanol–water partition coefficient (Wildman–Crippen LogP) is 3.48. The summed E-state index contributed by atoms with van der Waals surface area (Å²) >= 11 is 1.49. The van der Waals surface area contributed by atoms with Gasteiger partial charge in [-0.05, 0) is 29.7 Å². The molecule has 0 bridgehead atoms. The molecule has 0 atom stereocenters. The third-order valence-electron chi connectivity index (χ3n) is 4.01. The molecule has 0 spiro atoms. The van der Waals surface area contributed by atoms with Gasteiger partial charge in [-0.25, -0.2) is 0 Å². The number of para-hydroxylation sites is 1. The lowest BCUT2D eigenvalue weighted by Gasteiger charge is -2.03. The first-order valence-electron chi connectivity index (χ1n) is 7.90. The van der Waals surface area contributed by atoms with Gasteiger partial charge in [0.2, 0.25) is 0 Å². The van der Waals surface area contributed by atoms with E-state index in [0.29, 0.717) is 11.2 Å². The molecule has 3 aromatic rings. The molecule has 1 aromatic heterocycles. The van der Waals surface area contributed by atoms with Gasteiger partial charge in [0, 0.05) is 7.05 Å². The van der Waals surface area contributed by atoms with Crippen LogP contribution in [0.15, 0.2) is 47.5 Å². The lowest BCUT2D eigenvalue weighted by molar-refractivity contribution is -0.117. The highest BCUT2D eigenvalue weighted by Crippen LogP contribution is 2.26. The van der Waals surface area contributed by atoms with Crippen LogP contribution in [0.25, 0.3) is 10.2 Å². The van der Waals surface area contributed by atoms with Crippen LogP contribution in [0.4, 0.5) is 0 Å². The van der Waals surface area contributed by atoms with E-state index in [4.69, 9.17) is 4.74 Å². The van der Waals surface area contributed by atoms with Crippen LogP contribution in [0.3, 0.4) is 0 Å². The molecule has 0 radical (unpaired) electrons. The number of nitrogens with zero attached hydrogens (tertiary/aromatic N) is 2. The van der Waals surface area contributed by atoms with Gasteiger partial charge in [-0.1, -0.05) is 48.6 Å². The Bertz CT molecular complexity index is 936. The van der Waals surface area contributed by atoms with E-state index in [2.05, 4.69) is 24.0 Å².